The third-order valence-electron chi connectivity index (χ3n) is 2.36. The van der Waals surface area contributed by atoms with E-state index in [4.69, 9.17) is 9.15 Å². The molecule has 8 nitrogen and oxygen atoms in total. The van der Waals surface area contributed by atoms with Crippen LogP contribution in [0.5, 0.6) is 0 Å². The van der Waals surface area contributed by atoms with E-state index in [-0.39, 0.29) is 17.7 Å². The van der Waals surface area contributed by atoms with Crippen molar-refractivity contribution in [3.63, 3.8) is 0 Å². The molecular formula is C10H11N3O5S. The second-order valence-corrected chi connectivity index (χ2v) is 4.61. The van der Waals surface area contributed by atoms with E-state index < -0.39 is 17.2 Å². The van der Waals surface area contributed by atoms with E-state index >= 15 is 0 Å². The normalized spacial score (nSPS) is 22.5. The van der Waals surface area contributed by atoms with Crippen molar-refractivity contribution >= 4 is 30.0 Å². The number of nitrogens with zero attached hydrogens (tertiary/aromatic N) is 2. The van der Waals surface area contributed by atoms with Crippen LogP contribution < -0.4 is 5.32 Å². The standard InChI is InChI=1S/C10H11N3O5S/c1-19-5-7-9(12-10(14)18-7)11-4-6-2-3-8(17-6)13(15)16/h2-4,7,9H,5H2,1H3,(H,12,14)/t7-,9+/m0/s1. The van der Waals surface area contributed by atoms with Crippen molar-refractivity contribution in [2.45, 2.75) is 12.3 Å². The topological polar surface area (TPSA) is 107 Å². The first-order valence-electron chi connectivity index (χ1n) is 5.33. The van der Waals surface area contributed by atoms with Gasteiger partial charge in [0, 0.05) is 5.75 Å². The lowest BCUT2D eigenvalue weighted by atomic mass is 10.3. The molecular weight excluding hydrogens is 274 g/mol. The maximum absolute atomic E-state index is 11.1. The number of cyclic esters (lactones) is 1. The summed E-state index contributed by atoms with van der Waals surface area (Å²) in [6, 6.07) is 2.67. The van der Waals surface area contributed by atoms with Gasteiger partial charge in [-0.1, -0.05) is 0 Å². The van der Waals surface area contributed by atoms with Gasteiger partial charge in [-0.2, -0.15) is 11.8 Å². The van der Waals surface area contributed by atoms with E-state index in [2.05, 4.69) is 10.3 Å². The zero-order valence-corrected chi connectivity index (χ0v) is 10.8. The van der Waals surface area contributed by atoms with Crippen molar-refractivity contribution < 1.29 is 18.9 Å². The van der Waals surface area contributed by atoms with Gasteiger partial charge in [-0.15, -0.1) is 0 Å². The van der Waals surface area contributed by atoms with Crippen LogP contribution in [-0.2, 0) is 4.74 Å². The fourth-order valence-corrected chi connectivity index (χ4v) is 2.11. The summed E-state index contributed by atoms with van der Waals surface area (Å²) in [6.45, 7) is 0. The van der Waals surface area contributed by atoms with Crippen LogP contribution >= 0.6 is 11.8 Å². The molecule has 0 saturated carbocycles. The molecule has 1 aromatic rings. The highest BCUT2D eigenvalue weighted by atomic mass is 32.2. The Morgan fingerprint density at radius 1 is 1.63 bits per heavy atom. The second-order valence-electron chi connectivity index (χ2n) is 3.70. The van der Waals surface area contributed by atoms with Crippen LogP contribution in [0.4, 0.5) is 10.7 Å². The average molecular weight is 285 g/mol. The van der Waals surface area contributed by atoms with E-state index in [9.17, 15) is 14.9 Å². The Labute approximate surface area is 112 Å². The van der Waals surface area contributed by atoms with Crippen LogP contribution in [0.2, 0.25) is 0 Å². The molecule has 1 aliphatic heterocycles. The molecule has 0 spiro atoms. The smallest absolute Gasteiger partial charge is 0.433 e. The first-order chi connectivity index (χ1) is 9.10. The number of carbonyl (C=O) groups excluding carboxylic acids is 1. The molecule has 1 saturated heterocycles. The number of hydrogen-bond acceptors (Lipinski definition) is 7. The number of hydrogen-bond donors (Lipinski definition) is 1. The Bertz CT molecular complexity index is 515. The van der Waals surface area contributed by atoms with Gasteiger partial charge >= 0.3 is 12.0 Å². The summed E-state index contributed by atoms with van der Waals surface area (Å²) >= 11 is 1.53. The van der Waals surface area contributed by atoms with Gasteiger partial charge in [-0.3, -0.25) is 20.4 Å². The first kappa shape index (κ1) is 13.4. The van der Waals surface area contributed by atoms with E-state index in [1.165, 1.54) is 30.1 Å². The van der Waals surface area contributed by atoms with Crippen LogP contribution in [0.3, 0.4) is 0 Å². The highest BCUT2D eigenvalue weighted by Crippen LogP contribution is 2.16. The summed E-state index contributed by atoms with van der Waals surface area (Å²) in [5, 5.41) is 13.0. The van der Waals surface area contributed by atoms with E-state index in [0.29, 0.717) is 5.75 Å². The molecule has 1 aromatic heterocycles. The van der Waals surface area contributed by atoms with Crippen LogP contribution in [0.1, 0.15) is 5.76 Å². The molecule has 1 N–H and O–H groups in total. The SMILES string of the molecule is CSC[C@@H]1OC(=O)N[C@H]1N=Cc1ccc([N+](=O)[O-])o1. The lowest BCUT2D eigenvalue weighted by molar-refractivity contribution is -0.402. The van der Waals surface area contributed by atoms with Crippen LogP contribution in [-0.4, -0.2) is 41.5 Å². The Morgan fingerprint density at radius 2 is 2.42 bits per heavy atom. The molecule has 2 atom stereocenters. The van der Waals surface area contributed by atoms with E-state index in [1.807, 2.05) is 6.26 Å². The van der Waals surface area contributed by atoms with Crippen molar-refractivity contribution in [2.24, 2.45) is 4.99 Å². The van der Waals surface area contributed by atoms with Gasteiger partial charge in [-0.25, -0.2) is 4.79 Å². The zero-order chi connectivity index (χ0) is 13.8. The molecule has 1 amide bonds. The molecule has 0 unspecified atom stereocenters. The molecule has 0 radical (unpaired) electrons. The van der Waals surface area contributed by atoms with Gasteiger partial charge in [-0.05, 0) is 12.3 Å². The number of amides is 1. The molecule has 2 rings (SSSR count). The maximum atomic E-state index is 11.1. The number of alkyl carbamates (subject to hydrolysis) is 1. The lowest BCUT2D eigenvalue weighted by Crippen LogP contribution is -2.31. The molecule has 0 aliphatic carbocycles. The Hall–Kier alpha value is -2.03. The number of carbonyl (C=O) groups is 1. The zero-order valence-electron chi connectivity index (χ0n) is 9.94. The summed E-state index contributed by atoms with van der Waals surface area (Å²) < 4.78 is 9.94. The molecule has 19 heavy (non-hydrogen) atoms. The largest absolute Gasteiger partial charge is 0.441 e. The number of nitrogens with one attached hydrogen (secondary N) is 1. The second kappa shape index (κ2) is 5.74. The lowest BCUT2D eigenvalue weighted by Gasteiger charge is -2.10. The summed E-state index contributed by atoms with van der Waals surface area (Å²) in [5.41, 5.74) is 0. The molecule has 0 bridgehead atoms. The van der Waals surface area contributed by atoms with Crippen LogP contribution in [0, 0.1) is 10.1 Å². The Balaban J connectivity index is 2.04. The van der Waals surface area contributed by atoms with E-state index in [0.717, 1.165) is 0 Å². The van der Waals surface area contributed by atoms with Gasteiger partial charge in [0.2, 0.25) is 0 Å². The monoisotopic (exact) mass is 285 g/mol. The summed E-state index contributed by atoms with van der Waals surface area (Å²) in [4.78, 5) is 25.0. The van der Waals surface area contributed by atoms with Crippen molar-refractivity contribution in [2.75, 3.05) is 12.0 Å². The quantitative estimate of drug-likeness (QED) is 0.498. The molecule has 1 aliphatic rings. The maximum Gasteiger partial charge on any atom is 0.433 e. The third kappa shape index (κ3) is 3.25. The van der Waals surface area contributed by atoms with Gasteiger partial charge in [0.25, 0.3) is 0 Å². The average Bonchev–Trinajstić information content (AvgIpc) is 2.94. The first-order valence-corrected chi connectivity index (χ1v) is 6.73. The van der Waals surface area contributed by atoms with Crippen molar-refractivity contribution in [1.82, 2.24) is 5.32 Å². The fraction of sp³-hybridized carbons (Fsp3) is 0.400. The minimum Gasteiger partial charge on any atom is -0.441 e. The number of aliphatic imine (C=N–C) groups is 1. The van der Waals surface area contributed by atoms with E-state index in [1.54, 1.807) is 0 Å². The molecule has 9 heteroatoms. The van der Waals surface area contributed by atoms with Crippen molar-refractivity contribution in [3.8, 4) is 0 Å². The minimum atomic E-state index is -0.631. The summed E-state index contributed by atoms with van der Waals surface area (Å²) in [6.07, 6.45) is 1.84. The predicted octanol–water partition coefficient (Wildman–Crippen LogP) is 1.40. The van der Waals surface area contributed by atoms with Crippen molar-refractivity contribution in [3.05, 3.63) is 28.0 Å². The Morgan fingerprint density at radius 3 is 3.05 bits per heavy atom. The molecule has 102 valence electrons. The van der Waals surface area contributed by atoms with Gasteiger partial charge < -0.3 is 9.15 Å². The summed E-state index contributed by atoms with van der Waals surface area (Å²) in [5.74, 6) is 0.503. The van der Waals surface area contributed by atoms with Gasteiger partial charge in [0.05, 0.1) is 12.3 Å². The summed E-state index contributed by atoms with van der Waals surface area (Å²) in [7, 11) is 0. The van der Waals surface area contributed by atoms with Gasteiger partial charge in [0.1, 0.15) is 4.92 Å². The van der Waals surface area contributed by atoms with Crippen LogP contribution in [0.25, 0.3) is 0 Å². The highest BCUT2D eigenvalue weighted by molar-refractivity contribution is 7.98. The van der Waals surface area contributed by atoms with Crippen LogP contribution in [0.15, 0.2) is 21.5 Å². The third-order valence-corrected chi connectivity index (χ3v) is 3.02. The number of furan rings is 1. The van der Waals surface area contributed by atoms with Gasteiger partial charge in [0.15, 0.2) is 18.0 Å². The number of nitro groups is 1. The van der Waals surface area contributed by atoms with Crippen molar-refractivity contribution in [1.29, 1.82) is 0 Å². The fourth-order valence-electron chi connectivity index (χ4n) is 1.54. The molecule has 2 heterocycles. The number of rotatable bonds is 5. The Kier molecular flexibility index (Phi) is 4.05. The number of ether oxygens (including phenoxy) is 1. The highest BCUT2D eigenvalue weighted by Gasteiger charge is 2.32. The molecule has 1 fully saturated rings. The number of thioether (sulfide) groups is 1. The minimum absolute atomic E-state index is 0.246. The molecule has 0 aromatic carbocycles. The predicted molar refractivity (Wildman–Crippen MR) is 68.5 cm³/mol.